The van der Waals surface area contributed by atoms with E-state index in [1.54, 1.807) is 36.4 Å². The summed E-state index contributed by atoms with van der Waals surface area (Å²) in [7, 11) is -1.60. The molecule has 1 aliphatic heterocycles. The first-order valence-electron chi connectivity index (χ1n) is 7.01. The van der Waals surface area contributed by atoms with E-state index < -0.39 is 27.9 Å². The Morgan fingerprint density at radius 2 is 1.96 bits per heavy atom. The van der Waals surface area contributed by atoms with Gasteiger partial charge in [0.15, 0.2) is 0 Å². The molecule has 0 radical (unpaired) electrons. The predicted molar refractivity (Wildman–Crippen MR) is 95.0 cm³/mol. The molecule has 1 heterocycles. The predicted octanol–water partition coefficient (Wildman–Crippen LogP) is 3.45. The van der Waals surface area contributed by atoms with Gasteiger partial charge in [-0.1, -0.05) is 35.3 Å². The van der Waals surface area contributed by atoms with Crippen molar-refractivity contribution in [1.29, 1.82) is 0 Å². The quantitative estimate of drug-likeness (QED) is 0.853. The van der Waals surface area contributed by atoms with E-state index >= 15 is 0 Å². The van der Waals surface area contributed by atoms with Crippen LogP contribution in [0.1, 0.15) is 6.42 Å². The number of carbonyl (C=O) groups excluding carboxylic acids is 2. The lowest BCUT2D eigenvalue weighted by Crippen LogP contribution is -2.39. The third-order valence-corrected chi connectivity index (χ3v) is 5.74. The summed E-state index contributed by atoms with van der Waals surface area (Å²) in [5.74, 6) is -0.911. The SMILES string of the molecule is O=C(C[C@H]1C(=O)Nc2ccccc2[S@]1=O)Nc1cc(Cl)ccc1Cl. The van der Waals surface area contributed by atoms with Crippen LogP contribution in [0.15, 0.2) is 47.4 Å². The second-order valence-corrected chi connectivity index (χ2v) is 7.60. The second kappa shape index (κ2) is 6.93. The van der Waals surface area contributed by atoms with Crippen molar-refractivity contribution in [2.45, 2.75) is 16.6 Å². The third kappa shape index (κ3) is 3.45. The van der Waals surface area contributed by atoms with Crippen LogP contribution < -0.4 is 10.6 Å². The van der Waals surface area contributed by atoms with Crippen LogP contribution in [0.25, 0.3) is 0 Å². The molecule has 8 heteroatoms. The van der Waals surface area contributed by atoms with E-state index in [-0.39, 0.29) is 6.42 Å². The molecule has 0 spiro atoms. The second-order valence-electron chi connectivity index (χ2n) is 5.15. The molecule has 5 nitrogen and oxygen atoms in total. The van der Waals surface area contributed by atoms with Gasteiger partial charge in [0.25, 0.3) is 0 Å². The molecule has 2 N–H and O–H groups in total. The zero-order valence-electron chi connectivity index (χ0n) is 12.2. The van der Waals surface area contributed by atoms with Crippen LogP contribution in [0.5, 0.6) is 0 Å². The molecule has 2 aromatic carbocycles. The van der Waals surface area contributed by atoms with Gasteiger partial charge < -0.3 is 10.6 Å². The normalized spacial score (nSPS) is 19.3. The summed E-state index contributed by atoms with van der Waals surface area (Å²) in [6.07, 6.45) is -0.227. The zero-order valence-corrected chi connectivity index (χ0v) is 14.5. The first kappa shape index (κ1) is 17.0. The summed E-state index contributed by atoms with van der Waals surface area (Å²) in [5, 5.41) is 5.05. The highest BCUT2D eigenvalue weighted by atomic mass is 35.5. The molecule has 1 aliphatic rings. The van der Waals surface area contributed by atoms with Crippen molar-refractivity contribution in [2.24, 2.45) is 0 Å². The molecule has 124 valence electrons. The topological polar surface area (TPSA) is 75.3 Å². The molecular formula is C16H12Cl2N2O3S. The largest absolute Gasteiger partial charge is 0.325 e. The Balaban J connectivity index is 1.76. The van der Waals surface area contributed by atoms with E-state index in [9.17, 15) is 13.8 Å². The smallest absolute Gasteiger partial charge is 0.241 e. The van der Waals surface area contributed by atoms with Gasteiger partial charge in [-0.3, -0.25) is 13.8 Å². The molecular weight excluding hydrogens is 371 g/mol. The van der Waals surface area contributed by atoms with Gasteiger partial charge in [0.05, 0.1) is 38.5 Å². The maximum atomic E-state index is 12.6. The minimum absolute atomic E-state index is 0.227. The number of carbonyl (C=O) groups is 2. The van der Waals surface area contributed by atoms with Gasteiger partial charge in [0.1, 0.15) is 5.25 Å². The standard InChI is InChI=1S/C16H12Cl2N2O3S/c17-9-5-6-10(18)12(7-9)19-15(21)8-14-16(22)20-11-3-1-2-4-13(11)24(14)23/h1-7,14H,8H2,(H,19,21)(H,20,22)/t14-,24+/m0/s1. The van der Waals surface area contributed by atoms with Crippen LogP contribution >= 0.6 is 23.2 Å². The summed E-state index contributed by atoms with van der Waals surface area (Å²) in [4.78, 5) is 24.9. The monoisotopic (exact) mass is 382 g/mol. The summed E-state index contributed by atoms with van der Waals surface area (Å²) < 4.78 is 12.6. The van der Waals surface area contributed by atoms with E-state index in [0.717, 1.165) is 0 Å². The Hall–Kier alpha value is -1.89. The zero-order chi connectivity index (χ0) is 17.3. The number of anilines is 2. The van der Waals surface area contributed by atoms with E-state index in [4.69, 9.17) is 23.2 Å². The molecule has 0 aromatic heterocycles. The van der Waals surface area contributed by atoms with Crippen LogP contribution in [-0.2, 0) is 20.4 Å². The lowest BCUT2D eigenvalue weighted by molar-refractivity contribution is -0.120. The molecule has 0 bridgehead atoms. The first-order valence-corrected chi connectivity index (χ1v) is 8.98. The maximum absolute atomic E-state index is 12.6. The van der Waals surface area contributed by atoms with Gasteiger partial charge in [0.2, 0.25) is 11.8 Å². The molecule has 0 saturated heterocycles. The minimum Gasteiger partial charge on any atom is -0.325 e. The fourth-order valence-corrected chi connectivity index (χ4v) is 4.09. The van der Waals surface area contributed by atoms with E-state index in [1.807, 2.05) is 0 Å². The molecule has 0 fully saturated rings. The van der Waals surface area contributed by atoms with Gasteiger partial charge in [-0.25, -0.2) is 0 Å². The van der Waals surface area contributed by atoms with Crippen molar-refractivity contribution in [1.82, 2.24) is 0 Å². The Morgan fingerprint density at radius 1 is 1.21 bits per heavy atom. The minimum atomic E-state index is -1.60. The lowest BCUT2D eigenvalue weighted by Gasteiger charge is -2.23. The average Bonchev–Trinajstić information content (AvgIpc) is 2.55. The van der Waals surface area contributed by atoms with E-state index in [1.165, 1.54) is 6.07 Å². The van der Waals surface area contributed by atoms with E-state index in [2.05, 4.69) is 10.6 Å². The fraction of sp³-hybridized carbons (Fsp3) is 0.125. The average molecular weight is 383 g/mol. The highest BCUT2D eigenvalue weighted by Gasteiger charge is 2.34. The Kier molecular flexibility index (Phi) is 4.89. The molecule has 2 aromatic rings. The Labute approximate surface area is 150 Å². The van der Waals surface area contributed by atoms with Crippen molar-refractivity contribution in [3.05, 3.63) is 52.5 Å². The Bertz CT molecular complexity index is 857. The van der Waals surface area contributed by atoms with Crippen LogP contribution in [0.4, 0.5) is 11.4 Å². The van der Waals surface area contributed by atoms with Gasteiger partial charge in [-0.15, -0.1) is 0 Å². The van der Waals surface area contributed by atoms with E-state index in [0.29, 0.717) is 26.3 Å². The summed E-state index contributed by atoms with van der Waals surface area (Å²) in [5.41, 5.74) is 0.854. The number of amides is 2. The van der Waals surface area contributed by atoms with Crippen LogP contribution in [-0.4, -0.2) is 21.3 Å². The molecule has 24 heavy (non-hydrogen) atoms. The molecule has 0 saturated carbocycles. The summed E-state index contributed by atoms with van der Waals surface area (Å²) in [6.45, 7) is 0. The van der Waals surface area contributed by atoms with Crippen LogP contribution in [0.2, 0.25) is 10.0 Å². The van der Waals surface area contributed by atoms with Gasteiger partial charge in [-0.05, 0) is 30.3 Å². The number of fused-ring (bicyclic) bond motifs is 1. The maximum Gasteiger partial charge on any atom is 0.241 e. The van der Waals surface area contributed by atoms with Crippen LogP contribution in [0.3, 0.4) is 0 Å². The molecule has 0 unspecified atom stereocenters. The van der Waals surface area contributed by atoms with Crippen molar-refractivity contribution in [3.63, 3.8) is 0 Å². The Morgan fingerprint density at radius 3 is 2.75 bits per heavy atom. The lowest BCUT2D eigenvalue weighted by atomic mass is 10.2. The highest BCUT2D eigenvalue weighted by Crippen LogP contribution is 2.29. The third-order valence-electron chi connectivity index (χ3n) is 3.49. The van der Waals surface area contributed by atoms with Gasteiger partial charge >= 0.3 is 0 Å². The number of halogens is 2. The molecule has 3 rings (SSSR count). The number of para-hydroxylation sites is 1. The van der Waals surface area contributed by atoms with Gasteiger partial charge in [-0.2, -0.15) is 0 Å². The number of hydrogen-bond acceptors (Lipinski definition) is 3. The number of benzene rings is 2. The number of nitrogens with one attached hydrogen (secondary N) is 2. The first-order chi connectivity index (χ1) is 11.5. The van der Waals surface area contributed by atoms with Crippen molar-refractivity contribution in [3.8, 4) is 0 Å². The summed E-state index contributed by atoms with van der Waals surface area (Å²) in [6, 6.07) is 11.5. The fourth-order valence-electron chi connectivity index (χ4n) is 2.34. The van der Waals surface area contributed by atoms with Crippen molar-refractivity contribution >= 4 is 57.2 Å². The van der Waals surface area contributed by atoms with Crippen molar-refractivity contribution in [2.75, 3.05) is 10.6 Å². The molecule has 0 aliphatic carbocycles. The van der Waals surface area contributed by atoms with Crippen molar-refractivity contribution < 1.29 is 13.8 Å². The van der Waals surface area contributed by atoms with Gasteiger partial charge in [0, 0.05) is 5.02 Å². The highest BCUT2D eigenvalue weighted by molar-refractivity contribution is 7.86. The molecule has 2 atom stereocenters. The van der Waals surface area contributed by atoms with Crippen LogP contribution in [0, 0.1) is 0 Å². The number of rotatable bonds is 3. The number of hydrogen-bond donors (Lipinski definition) is 2. The summed E-state index contributed by atoms with van der Waals surface area (Å²) >= 11 is 11.9. The molecule has 2 amide bonds.